The summed E-state index contributed by atoms with van der Waals surface area (Å²) in [5.74, 6) is 0.814. The maximum Gasteiger partial charge on any atom is 0.152 e. The Morgan fingerprint density at radius 3 is 2.50 bits per heavy atom. The Morgan fingerprint density at radius 1 is 1.43 bits per heavy atom. The second kappa shape index (κ2) is 7.74. The standard InChI is InChI=1S/C12H22O2/c1-5-10(2)6-8-12(14-4)9-7-11(3)13/h7,9-10,12H,5-6,8H2,1-4H3/b9-7+. The lowest BCUT2D eigenvalue weighted by Crippen LogP contribution is -2.09. The summed E-state index contributed by atoms with van der Waals surface area (Å²) in [4.78, 5) is 10.7. The highest BCUT2D eigenvalue weighted by Crippen LogP contribution is 2.13. The molecule has 0 radical (unpaired) electrons. The summed E-state index contributed by atoms with van der Waals surface area (Å²) in [6, 6.07) is 0. The Bertz CT molecular complexity index is 185. The molecule has 0 aromatic rings. The van der Waals surface area contributed by atoms with E-state index in [2.05, 4.69) is 13.8 Å². The molecule has 0 heterocycles. The van der Waals surface area contributed by atoms with Gasteiger partial charge in [0.25, 0.3) is 0 Å². The summed E-state index contributed by atoms with van der Waals surface area (Å²) >= 11 is 0. The molecule has 0 aromatic heterocycles. The average molecular weight is 198 g/mol. The molecule has 0 spiro atoms. The normalized spacial score (nSPS) is 15.7. The van der Waals surface area contributed by atoms with Crippen molar-refractivity contribution in [2.24, 2.45) is 5.92 Å². The van der Waals surface area contributed by atoms with E-state index in [1.54, 1.807) is 20.1 Å². The van der Waals surface area contributed by atoms with Crippen LogP contribution in [-0.2, 0) is 9.53 Å². The van der Waals surface area contributed by atoms with Crippen LogP contribution in [0.25, 0.3) is 0 Å². The number of allylic oxidation sites excluding steroid dienone is 1. The van der Waals surface area contributed by atoms with Gasteiger partial charge in [0.2, 0.25) is 0 Å². The number of ether oxygens (including phenoxy) is 1. The van der Waals surface area contributed by atoms with Gasteiger partial charge in [0, 0.05) is 7.11 Å². The third-order valence-electron chi connectivity index (χ3n) is 2.49. The third-order valence-corrected chi connectivity index (χ3v) is 2.49. The molecule has 0 aliphatic heterocycles. The van der Waals surface area contributed by atoms with E-state index in [0.29, 0.717) is 0 Å². The zero-order valence-electron chi connectivity index (χ0n) is 9.75. The molecule has 2 atom stereocenters. The molecule has 0 aliphatic carbocycles. The Labute approximate surface area is 87.3 Å². The predicted molar refractivity (Wildman–Crippen MR) is 59.3 cm³/mol. The molecular weight excluding hydrogens is 176 g/mol. The maximum absolute atomic E-state index is 10.7. The van der Waals surface area contributed by atoms with Crippen molar-refractivity contribution in [1.29, 1.82) is 0 Å². The van der Waals surface area contributed by atoms with Crippen LogP contribution < -0.4 is 0 Å². The molecule has 0 saturated carbocycles. The van der Waals surface area contributed by atoms with Crippen LogP contribution in [0.5, 0.6) is 0 Å². The summed E-state index contributed by atoms with van der Waals surface area (Å²) in [5.41, 5.74) is 0. The average Bonchev–Trinajstić information content (AvgIpc) is 2.17. The summed E-state index contributed by atoms with van der Waals surface area (Å²) in [6.45, 7) is 5.98. The Kier molecular flexibility index (Phi) is 7.40. The van der Waals surface area contributed by atoms with E-state index in [4.69, 9.17) is 4.74 Å². The van der Waals surface area contributed by atoms with Gasteiger partial charge in [0.1, 0.15) is 0 Å². The third kappa shape index (κ3) is 6.84. The smallest absolute Gasteiger partial charge is 0.152 e. The van der Waals surface area contributed by atoms with Crippen LogP contribution in [0.15, 0.2) is 12.2 Å². The number of carbonyl (C=O) groups is 1. The number of hydrogen-bond donors (Lipinski definition) is 0. The van der Waals surface area contributed by atoms with Crippen molar-refractivity contribution in [2.75, 3.05) is 7.11 Å². The van der Waals surface area contributed by atoms with E-state index >= 15 is 0 Å². The highest BCUT2D eigenvalue weighted by atomic mass is 16.5. The van der Waals surface area contributed by atoms with Gasteiger partial charge < -0.3 is 4.74 Å². The first-order chi connectivity index (χ1) is 6.60. The molecule has 0 bridgehead atoms. The SMILES string of the molecule is CCC(C)CCC(/C=C/C(C)=O)OC. The van der Waals surface area contributed by atoms with Crippen molar-refractivity contribution in [3.8, 4) is 0 Å². The summed E-state index contributed by atoms with van der Waals surface area (Å²) in [5, 5.41) is 0. The van der Waals surface area contributed by atoms with Gasteiger partial charge in [0.15, 0.2) is 5.78 Å². The van der Waals surface area contributed by atoms with Crippen molar-refractivity contribution in [1.82, 2.24) is 0 Å². The minimum absolute atomic E-state index is 0.0792. The van der Waals surface area contributed by atoms with Crippen molar-refractivity contribution < 1.29 is 9.53 Å². The second-order valence-corrected chi connectivity index (χ2v) is 3.83. The number of rotatable bonds is 7. The number of methoxy groups -OCH3 is 1. The molecule has 2 unspecified atom stereocenters. The fourth-order valence-corrected chi connectivity index (χ4v) is 1.19. The molecule has 0 fully saturated rings. The first kappa shape index (κ1) is 13.4. The topological polar surface area (TPSA) is 26.3 Å². The lowest BCUT2D eigenvalue weighted by atomic mass is 10.0. The van der Waals surface area contributed by atoms with Crippen molar-refractivity contribution in [3.63, 3.8) is 0 Å². The van der Waals surface area contributed by atoms with Gasteiger partial charge >= 0.3 is 0 Å². The van der Waals surface area contributed by atoms with Crippen LogP contribution in [-0.4, -0.2) is 19.0 Å². The van der Waals surface area contributed by atoms with Crippen LogP contribution in [0.3, 0.4) is 0 Å². The van der Waals surface area contributed by atoms with E-state index in [9.17, 15) is 4.79 Å². The molecule has 2 nitrogen and oxygen atoms in total. The lowest BCUT2D eigenvalue weighted by Gasteiger charge is -2.13. The van der Waals surface area contributed by atoms with Gasteiger partial charge in [-0.1, -0.05) is 26.3 Å². The lowest BCUT2D eigenvalue weighted by molar-refractivity contribution is -0.112. The van der Waals surface area contributed by atoms with Crippen LogP contribution >= 0.6 is 0 Å². The molecule has 0 amide bonds. The quantitative estimate of drug-likeness (QED) is 0.588. The Hall–Kier alpha value is -0.630. The first-order valence-electron chi connectivity index (χ1n) is 5.31. The molecule has 0 rings (SSSR count). The van der Waals surface area contributed by atoms with Gasteiger partial charge in [-0.05, 0) is 31.8 Å². The highest BCUT2D eigenvalue weighted by molar-refractivity contribution is 5.87. The van der Waals surface area contributed by atoms with E-state index in [1.165, 1.54) is 6.42 Å². The zero-order valence-corrected chi connectivity index (χ0v) is 9.75. The highest BCUT2D eigenvalue weighted by Gasteiger charge is 2.05. The van der Waals surface area contributed by atoms with E-state index in [-0.39, 0.29) is 11.9 Å². The maximum atomic E-state index is 10.7. The minimum Gasteiger partial charge on any atom is -0.377 e. The van der Waals surface area contributed by atoms with Gasteiger partial charge in [-0.2, -0.15) is 0 Å². The summed E-state index contributed by atoms with van der Waals surface area (Å²) in [7, 11) is 1.69. The Balaban J connectivity index is 3.85. The van der Waals surface area contributed by atoms with Gasteiger partial charge in [0.05, 0.1) is 6.10 Å². The molecule has 0 aromatic carbocycles. The minimum atomic E-state index is 0.0792. The first-order valence-corrected chi connectivity index (χ1v) is 5.31. The molecular formula is C12H22O2. The van der Waals surface area contributed by atoms with Crippen LogP contribution in [0.4, 0.5) is 0 Å². The predicted octanol–water partition coefficient (Wildman–Crippen LogP) is 2.97. The second-order valence-electron chi connectivity index (χ2n) is 3.83. The van der Waals surface area contributed by atoms with Crippen molar-refractivity contribution >= 4 is 5.78 Å². The fraction of sp³-hybridized carbons (Fsp3) is 0.750. The largest absolute Gasteiger partial charge is 0.377 e. The van der Waals surface area contributed by atoms with E-state index < -0.39 is 0 Å². The van der Waals surface area contributed by atoms with Gasteiger partial charge in [-0.15, -0.1) is 0 Å². The van der Waals surface area contributed by atoms with Gasteiger partial charge in [-0.3, -0.25) is 4.79 Å². The molecule has 0 saturated heterocycles. The number of carbonyl (C=O) groups excluding carboxylic acids is 1. The number of hydrogen-bond acceptors (Lipinski definition) is 2. The molecule has 0 aliphatic rings. The fourth-order valence-electron chi connectivity index (χ4n) is 1.19. The van der Waals surface area contributed by atoms with Crippen LogP contribution in [0.1, 0.15) is 40.0 Å². The monoisotopic (exact) mass is 198 g/mol. The molecule has 14 heavy (non-hydrogen) atoms. The Morgan fingerprint density at radius 2 is 2.07 bits per heavy atom. The van der Waals surface area contributed by atoms with E-state index in [0.717, 1.165) is 18.8 Å². The van der Waals surface area contributed by atoms with E-state index in [1.807, 2.05) is 6.08 Å². The summed E-state index contributed by atoms with van der Waals surface area (Å²) in [6.07, 6.45) is 6.88. The van der Waals surface area contributed by atoms with Crippen molar-refractivity contribution in [3.05, 3.63) is 12.2 Å². The molecule has 0 N–H and O–H groups in total. The summed E-state index contributed by atoms with van der Waals surface area (Å²) < 4.78 is 5.26. The van der Waals surface area contributed by atoms with Gasteiger partial charge in [-0.25, -0.2) is 0 Å². The van der Waals surface area contributed by atoms with Crippen molar-refractivity contribution in [2.45, 2.75) is 46.1 Å². The van der Waals surface area contributed by atoms with Crippen LogP contribution in [0.2, 0.25) is 0 Å². The molecule has 2 heteroatoms. The zero-order chi connectivity index (χ0) is 11.0. The van der Waals surface area contributed by atoms with Crippen LogP contribution in [0, 0.1) is 5.92 Å². The number of ketones is 1. The molecule has 82 valence electrons.